The van der Waals surface area contributed by atoms with Crippen LogP contribution in [0.15, 0.2) is 51.8 Å². The van der Waals surface area contributed by atoms with E-state index in [0.29, 0.717) is 5.56 Å². The standard InChI is InChI=1S/C20H21N3O5/c1-11(12(2)22-20(27)16-9-14(24)10-17(25)28-16)21-19(26)15-6-4-5-13-7-8-23(3)18(13)15/h4-12,24H,1-3H3,(H,21,26)(H,22,27). The molecule has 1 aromatic carbocycles. The summed E-state index contributed by atoms with van der Waals surface area (Å²) in [5.74, 6) is -1.58. The normalized spacial score (nSPS) is 13.1. The minimum atomic E-state index is -0.824. The third kappa shape index (κ3) is 3.90. The Bertz CT molecular complexity index is 1100. The van der Waals surface area contributed by atoms with Crippen molar-refractivity contribution in [3.8, 4) is 5.75 Å². The molecule has 0 saturated carbocycles. The molecule has 2 heterocycles. The highest BCUT2D eigenvalue weighted by molar-refractivity contribution is 6.06. The number of benzene rings is 1. The van der Waals surface area contributed by atoms with E-state index in [2.05, 4.69) is 10.6 Å². The number of nitrogens with zero attached hydrogens (tertiary/aromatic N) is 1. The van der Waals surface area contributed by atoms with E-state index < -0.39 is 23.6 Å². The van der Waals surface area contributed by atoms with Gasteiger partial charge in [-0.05, 0) is 26.0 Å². The highest BCUT2D eigenvalue weighted by Gasteiger charge is 2.21. The van der Waals surface area contributed by atoms with Crippen LogP contribution < -0.4 is 16.3 Å². The summed E-state index contributed by atoms with van der Waals surface area (Å²) in [6.07, 6.45) is 1.89. The first-order chi connectivity index (χ1) is 13.3. The molecule has 0 aliphatic heterocycles. The fraction of sp³-hybridized carbons (Fsp3) is 0.250. The van der Waals surface area contributed by atoms with Gasteiger partial charge in [-0.3, -0.25) is 9.59 Å². The van der Waals surface area contributed by atoms with E-state index in [9.17, 15) is 19.5 Å². The number of rotatable bonds is 5. The Balaban J connectivity index is 1.70. The molecule has 0 fully saturated rings. The maximum atomic E-state index is 12.7. The lowest BCUT2D eigenvalue weighted by molar-refractivity contribution is 0.0872. The molecule has 146 valence electrons. The predicted octanol–water partition coefficient (Wildman–Crippen LogP) is 1.77. The molecule has 8 nitrogen and oxygen atoms in total. The number of carbonyl (C=O) groups excluding carboxylic acids is 2. The summed E-state index contributed by atoms with van der Waals surface area (Å²) >= 11 is 0. The highest BCUT2D eigenvalue weighted by Crippen LogP contribution is 2.19. The maximum absolute atomic E-state index is 12.7. The minimum Gasteiger partial charge on any atom is -0.508 e. The van der Waals surface area contributed by atoms with E-state index in [1.807, 2.05) is 36.0 Å². The molecule has 0 aliphatic carbocycles. The predicted molar refractivity (Wildman–Crippen MR) is 103 cm³/mol. The summed E-state index contributed by atoms with van der Waals surface area (Å²) in [4.78, 5) is 36.3. The Hall–Kier alpha value is -3.55. The van der Waals surface area contributed by atoms with Crippen LogP contribution in [0.2, 0.25) is 0 Å². The largest absolute Gasteiger partial charge is 0.508 e. The molecule has 3 aromatic rings. The van der Waals surface area contributed by atoms with Crippen molar-refractivity contribution in [2.24, 2.45) is 7.05 Å². The number of hydrogen-bond acceptors (Lipinski definition) is 5. The topological polar surface area (TPSA) is 114 Å². The SMILES string of the molecule is CC(NC(=O)c1cc(O)cc(=O)o1)C(C)NC(=O)c1cccc2ccn(C)c12. The molecule has 0 aliphatic rings. The van der Waals surface area contributed by atoms with Gasteiger partial charge in [-0.2, -0.15) is 0 Å². The number of aromatic hydroxyl groups is 1. The van der Waals surface area contributed by atoms with Gasteiger partial charge in [0.1, 0.15) is 5.75 Å². The lowest BCUT2D eigenvalue weighted by atomic mass is 10.1. The van der Waals surface area contributed by atoms with Crippen LogP contribution in [0.3, 0.4) is 0 Å². The summed E-state index contributed by atoms with van der Waals surface area (Å²) in [5, 5.41) is 15.9. The second-order valence-electron chi connectivity index (χ2n) is 6.69. The molecular weight excluding hydrogens is 362 g/mol. The van der Waals surface area contributed by atoms with Crippen molar-refractivity contribution in [2.45, 2.75) is 25.9 Å². The molecule has 0 bridgehead atoms. The second kappa shape index (κ2) is 7.59. The van der Waals surface area contributed by atoms with E-state index in [1.54, 1.807) is 19.9 Å². The van der Waals surface area contributed by atoms with Crippen LogP contribution >= 0.6 is 0 Å². The molecule has 28 heavy (non-hydrogen) atoms. The number of nitrogens with one attached hydrogen (secondary N) is 2. The van der Waals surface area contributed by atoms with Crippen LogP contribution in [0.5, 0.6) is 5.75 Å². The fourth-order valence-corrected chi connectivity index (χ4v) is 2.93. The molecular formula is C20H21N3O5. The Morgan fingerprint density at radius 3 is 2.43 bits per heavy atom. The van der Waals surface area contributed by atoms with Gasteiger partial charge >= 0.3 is 5.63 Å². The fourth-order valence-electron chi connectivity index (χ4n) is 2.93. The average molecular weight is 383 g/mol. The molecule has 3 N–H and O–H groups in total. The Kier molecular flexibility index (Phi) is 5.21. The number of amides is 2. The van der Waals surface area contributed by atoms with Gasteiger partial charge in [0.05, 0.1) is 17.1 Å². The van der Waals surface area contributed by atoms with E-state index >= 15 is 0 Å². The summed E-state index contributed by atoms with van der Waals surface area (Å²) in [7, 11) is 1.87. The molecule has 0 spiro atoms. The van der Waals surface area contributed by atoms with Crippen LogP contribution in [0.4, 0.5) is 0 Å². The average Bonchev–Trinajstić information content (AvgIpc) is 3.02. The lowest BCUT2D eigenvalue weighted by Crippen LogP contribution is -2.48. The van der Waals surface area contributed by atoms with Gasteiger partial charge in [0.25, 0.3) is 11.8 Å². The summed E-state index contributed by atoms with van der Waals surface area (Å²) in [5.41, 5.74) is 0.537. The maximum Gasteiger partial charge on any atom is 0.340 e. The number of para-hydroxylation sites is 1. The van der Waals surface area contributed by atoms with Crippen molar-refractivity contribution in [1.29, 1.82) is 0 Å². The molecule has 2 amide bonds. The van der Waals surface area contributed by atoms with Crippen molar-refractivity contribution < 1.29 is 19.1 Å². The number of aryl methyl sites for hydroxylation is 1. The number of hydrogen-bond donors (Lipinski definition) is 3. The summed E-state index contributed by atoms with van der Waals surface area (Å²) < 4.78 is 6.66. The van der Waals surface area contributed by atoms with E-state index in [4.69, 9.17) is 4.42 Å². The monoisotopic (exact) mass is 383 g/mol. The molecule has 0 radical (unpaired) electrons. The van der Waals surface area contributed by atoms with Crippen LogP contribution in [0.25, 0.3) is 10.9 Å². The smallest absolute Gasteiger partial charge is 0.340 e. The van der Waals surface area contributed by atoms with Gasteiger partial charge < -0.3 is 24.7 Å². The lowest BCUT2D eigenvalue weighted by Gasteiger charge is -2.22. The second-order valence-corrected chi connectivity index (χ2v) is 6.69. The number of fused-ring (bicyclic) bond motifs is 1. The van der Waals surface area contributed by atoms with E-state index in [0.717, 1.165) is 23.0 Å². The highest BCUT2D eigenvalue weighted by atomic mass is 16.4. The zero-order valence-electron chi connectivity index (χ0n) is 15.7. The van der Waals surface area contributed by atoms with E-state index in [1.165, 1.54) is 0 Å². The minimum absolute atomic E-state index is 0.259. The zero-order chi connectivity index (χ0) is 20.4. The Morgan fingerprint density at radius 1 is 1.07 bits per heavy atom. The van der Waals surface area contributed by atoms with Crippen molar-refractivity contribution in [3.05, 3.63) is 64.3 Å². The van der Waals surface area contributed by atoms with Gasteiger partial charge in [-0.1, -0.05) is 12.1 Å². The summed E-state index contributed by atoms with van der Waals surface area (Å²) in [6, 6.07) is 8.48. The summed E-state index contributed by atoms with van der Waals surface area (Å²) in [6.45, 7) is 3.47. The van der Waals surface area contributed by atoms with Crippen molar-refractivity contribution in [1.82, 2.24) is 15.2 Å². The van der Waals surface area contributed by atoms with Gasteiger partial charge in [-0.15, -0.1) is 0 Å². The first-order valence-electron chi connectivity index (χ1n) is 8.76. The van der Waals surface area contributed by atoms with Crippen molar-refractivity contribution in [3.63, 3.8) is 0 Å². The first-order valence-corrected chi connectivity index (χ1v) is 8.76. The van der Waals surface area contributed by atoms with Crippen molar-refractivity contribution >= 4 is 22.7 Å². The Labute approximate surface area is 160 Å². The molecule has 2 unspecified atom stereocenters. The molecule has 2 aromatic heterocycles. The molecule has 0 saturated heterocycles. The van der Waals surface area contributed by atoms with Crippen molar-refractivity contribution in [2.75, 3.05) is 0 Å². The quantitative estimate of drug-likeness (QED) is 0.621. The number of aromatic nitrogens is 1. The molecule has 3 rings (SSSR count). The zero-order valence-corrected chi connectivity index (χ0v) is 15.7. The third-order valence-electron chi connectivity index (χ3n) is 4.59. The van der Waals surface area contributed by atoms with E-state index in [-0.39, 0.29) is 17.4 Å². The van der Waals surface area contributed by atoms with Crippen LogP contribution in [0.1, 0.15) is 34.8 Å². The van der Waals surface area contributed by atoms with Gasteiger partial charge in [0.2, 0.25) is 0 Å². The van der Waals surface area contributed by atoms with Gasteiger partial charge in [0, 0.05) is 36.8 Å². The van der Waals surface area contributed by atoms with Gasteiger partial charge in [0.15, 0.2) is 5.76 Å². The number of carbonyl (C=O) groups is 2. The first kappa shape index (κ1) is 19.2. The van der Waals surface area contributed by atoms with Crippen LogP contribution in [-0.4, -0.2) is 33.6 Å². The Morgan fingerprint density at radius 2 is 1.75 bits per heavy atom. The third-order valence-corrected chi connectivity index (χ3v) is 4.59. The van der Waals surface area contributed by atoms with Crippen LogP contribution in [-0.2, 0) is 7.05 Å². The van der Waals surface area contributed by atoms with Gasteiger partial charge in [-0.25, -0.2) is 4.79 Å². The van der Waals surface area contributed by atoms with Crippen LogP contribution in [0, 0.1) is 0 Å². The molecule has 2 atom stereocenters. The molecule has 8 heteroatoms.